The molecule has 1 aromatic rings. The fourth-order valence-corrected chi connectivity index (χ4v) is 2.37. The van der Waals surface area contributed by atoms with Gasteiger partial charge < -0.3 is 14.2 Å². The number of hydrogen-bond acceptors (Lipinski definition) is 4. The van der Waals surface area contributed by atoms with Gasteiger partial charge in [0.2, 0.25) is 0 Å². The van der Waals surface area contributed by atoms with Crippen molar-refractivity contribution in [3.8, 4) is 0 Å². The standard InChI is InChI=1S/C13H20N2O2/c1-10(16)12-4-5-13(17-12)15(3)9-11-6-7-14(2)8-11/h4-5,11H,6-9H2,1-3H3. The monoisotopic (exact) mass is 236 g/mol. The summed E-state index contributed by atoms with van der Waals surface area (Å²) in [5.74, 6) is 1.89. The average Bonchev–Trinajstić information content (AvgIpc) is 2.86. The number of nitrogens with zero attached hydrogens (tertiary/aromatic N) is 2. The van der Waals surface area contributed by atoms with Crippen LogP contribution < -0.4 is 4.90 Å². The van der Waals surface area contributed by atoms with E-state index in [2.05, 4.69) is 16.8 Å². The fourth-order valence-electron chi connectivity index (χ4n) is 2.37. The van der Waals surface area contributed by atoms with E-state index in [4.69, 9.17) is 4.42 Å². The topological polar surface area (TPSA) is 36.7 Å². The van der Waals surface area contributed by atoms with Crippen molar-refractivity contribution in [3.05, 3.63) is 17.9 Å². The Labute approximate surface area is 102 Å². The van der Waals surface area contributed by atoms with E-state index >= 15 is 0 Å². The highest BCUT2D eigenvalue weighted by atomic mass is 16.4. The molecule has 0 radical (unpaired) electrons. The predicted octanol–water partition coefficient (Wildman–Crippen LogP) is 1.87. The van der Waals surface area contributed by atoms with Crippen molar-refractivity contribution in [2.75, 3.05) is 38.6 Å². The highest BCUT2D eigenvalue weighted by Crippen LogP contribution is 2.21. The van der Waals surface area contributed by atoms with Crippen LogP contribution in [0.5, 0.6) is 0 Å². The van der Waals surface area contributed by atoms with Crippen LogP contribution in [-0.2, 0) is 0 Å². The first-order valence-corrected chi connectivity index (χ1v) is 6.06. The third-order valence-corrected chi connectivity index (χ3v) is 3.34. The third kappa shape index (κ3) is 2.88. The van der Waals surface area contributed by atoms with Gasteiger partial charge in [0.05, 0.1) is 0 Å². The van der Waals surface area contributed by atoms with Crippen LogP contribution in [-0.4, -0.2) is 44.4 Å². The zero-order valence-electron chi connectivity index (χ0n) is 10.8. The summed E-state index contributed by atoms with van der Waals surface area (Å²) >= 11 is 0. The lowest BCUT2D eigenvalue weighted by Gasteiger charge is -2.20. The number of likely N-dealkylation sites (tertiary alicyclic amines) is 1. The molecule has 0 aliphatic carbocycles. The number of furan rings is 1. The molecule has 94 valence electrons. The van der Waals surface area contributed by atoms with E-state index in [1.165, 1.54) is 19.9 Å². The number of anilines is 1. The summed E-state index contributed by atoms with van der Waals surface area (Å²) < 4.78 is 5.51. The predicted molar refractivity (Wildman–Crippen MR) is 67.6 cm³/mol. The summed E-state index contributed by atoms with van der Waals surface area (Å²) in [4.78, 5) is 15.6. The second-order valence-electron chi connectivity index (χ2n) is 4.99. The van der Waals surface area contributed by atoms with E-state index in [1.807, 2.05) is 13.1 Å². The van der Waals surface area contributed by atoms with Crippen LogP contribution in [0.2, 0.25) is 0 Å². The normalized spacial score (nSPS) is 20.8. The molecular weight excluding hydrogens is 216 g/mol. The average molecular weight is 236 g/mol. The van der Waals surface area contributed by atoms with Crippen LogP contribution in [0.3, 0.4) is 0 Å². The molecule has 1 unspecified atom stereocenters. The lowest BCUT2D eigenvalue weighted by atomic mass is 10.1. The Hall–Kier alpha value is -1.29. The van der Waals surface area contributed by atoms with E-state index in [9.17, 15) is 4.79 Å². The first-order valence-electron chi connectivity index (χ1n) is 6.06. The highest BCUT2D eigenvalue weighted by molar-refractivity contribution is 5.91. The lowest BCUT2D eigenvalue weighted by molar-refractivity contribution is 0.0988. The van der Waals surface area contributed by atoms with E-state index < -0.39 is 0 Å². The summed E-state index contributed by atoms with van der Waals surface area (Å²) in [6, 6.07) is 3.62. The zero-order chi connectivity index (χ0) is 12.4. The van der Waals surface area contributed by atoms with Gasteiger partial charge in [-0.25, -0.2) is 0 Å². The van der Waals surface area contributed by atoms with Gasteiger partial charge in [-0.2, -0.15) is 0 Å². The van der Waals surface area contributed by atoms with E-state index in [-0.39, 0.29) is 5.78 Å². The van der Waals surface area contributed by atoms with Crippen LogP contribution in [0, 0.1) is 5.92 Å². The van der Waals surface area contributed by atoms with Gasteiger partial charge in [0.25, 0.3) is 0 Å². The van der Waals surface area contributed by atoms with E-state index in [0.29, 0.717) is 11.7 Å². The largest absolute Gasteiger partial charge is 0.437 e. The zero-order valence-corrected chi connectivity index (χ0v) is 10.8. The van der Waals surface area contributed by atoms with Crippen molar-refractivity contribution in [1.29, 1.82) is 0 Å². The molecule has 0 bridgehead atoms. The van der Waals surface area contributed by atoms with Crippen molar-refractivity contribution >= 4 is 11.7 Å². The Balaban J connectivity index is 1.94. The van der Waals surface area contributed by atoms with Gasteiger partial charge in [0.15, 0.2) is 17.4 Å². The molecule has 1 aromatic heterocycles. The minimum absolute atomic E-state index is 0.0229. The molecule has 4 heteroatoms. The van der Waals surface area contributed by atoms with Gasteiger partial charge in [0, 0.05) is 33.1 Å². The number of hydrogen-bond donors (Lipinski definition) is 0. The van der Waals surface area contributed by atoms with Crippen molar-refractivity contribution in [3.63, 3.8) is 0 Å². The van der Waals surface area contributed by atoms with Crippen molar-refractivity contribution in [2.45, 2.75) is 13.3 Å². The summed E-state index contributed by atoms with van der Waals surface area (Å²) in [5, 5.41) is 0. The Bertz CT molecular complexity index is 400. The molecule has 1 aliphatic heterocycles. The smallest absolute Gasteiger partial charge is 0.196 e. The van der Waals surface area contributed by atoms with Gasteiger partial charge >= 0.3 is 0 Å². The molecule has 1 saturated heterocycles. The van der Waals surface area contributed by atoms with Crippen LogP contribution in [0.1, 0.15) is 23.9 Å². The molecule has 1 aliphatic rings. The number of Topliss-reactive ketones (excluding diaryl/α,β-unsaturated/α-hetero) is 1. The van der Waals surface area contributed by atoms with Crippen LogP contribution in [0.25, 0.3) is 0 Å². The van der Waals surface area contributed by atoms with E-state index in [0.717, 1.165) is 19.0 Å². The summed E-state index contributed by atoms with van der Waals surface area (Å²) in [7, 11) is 4.17. The third-order valence-electron chi connectivity index (χ3n) is 3.34. The molecule has 1 fully saturated rings. The molecule has 0 saturated carbocycles. The van der Waals surface area contributed by atoms with Crippen LogP contribution >= 0.6 is 0 Å². The van der Waals surface area contributed by atoms with Gasteiger partial charge in [-0.05, 0) is 32.0 Å². The second-order valence-corrected chi connectivity index (χ2v) is 4.99. The van der Waals surface area contributed by atoms with Gasteiger partial charge in [-0.3, -0.25) is 4.79 Å². The molecule has 0 N–H and O–H groups in total. The molecule has 0 aromatic carbocycles. The molecule has 2 heterocycles. The minimum atomic E-state index is -0.0229. The van der Waals surface area contributed by atoms with Gasteiger partial charge in [-0.1, -0.05) is 0 Å². The number of rotatable bonds is 4. The Morgan fingerprint density at radius 1 is 1.59 bits per heavy atom. The fraction of sp³-hybridized carbons (Fsp3) is 0.615. The van der Waals surface area contributed by atoms with Crippen molar-refractivity contribution in [1.82, 2.24) is 4.90 Å². The highest BCUT2D eigenvalue weighted by Gasteiger charge is 2.21. The molecule has 0 spiro atoms. The van der Waals surface area contributed by atoms with Crippen molar-refractivity contribution < 1.29 is 9.21 Å². The summed E-state index contributed by atoms with van der Waals surface area (Å²) in [6.07, 6.45) is 1.24. The van der Waals surface area contributed by atoms with Crippen LogP contribution in [0.4, 0.5) is 5.88 Å². The minimum Gasteiger partial charge on any atom is -0.437 e. The van der Waals surface area contributed by atoms with Gasteiger partial charge in [-0.15, -0.1) is 0 Å². The van der Waals surface area contributed by atoms with Crippen LogP contribution in [0.15, 0.2) is 16.5 Å². The number of ketones is 1. The quantitative estimate of drug-likeness (QED) is 0.748. The van der Waals surface area contributed by atoms with Crippen molar-refractivity contribution in [2.24, 2.45) is 5.92 Å². The van der Waals surface area contributed by atoms with Gasteiger partial charge in [0.1, 0.15) is 0 Å². The molecule has 1 atom stereocenters. The van der Waals surface area contributed by atoms with E-state index in [1.54, 1.807) is 6.07 Å². The summed E-state index contributed by atoms with van der Waals surface area (Å²) in [5.41, 5.74) is 0. The maximum Gasteiger partial charge on any atom is 0.196 e. The Morgan fingerprint density at radius 2 is 2.35 bits per heavy atom. The molecule has 2 rings (SSSR count). The maximum atomic E-state index is 11.1. The SMILES string of the molecule is CC(=O)c1ccc(N(C)CC2CCN(C)C2)o1. The molecular formula is C13H20N2O2. The maximum absolute atomic E-state index is 11.1. The summed E-state index contributed by atoms with van der Waals surface area (Å²) in [6.45, 7) is 4.82. The number of carbonyl (C=O) groups excluding carboxylic acids is 1. The lowest BCUT2D eigenvalue weighted by Crippen LogP contribution is -2.26. The molecule has 17 heavy (non-hydrogen) atoms. The molecule has 4 nitrogen and oxygen atoms in total. The second kappa shape index (κ2) is 4.92. The Kier molecular flexibility index (Phi) is 3.52. The Morgan fingerprint density at radius 3 is 2.88 bits per heavy atom. The first kappa shape index (κ1) is 12.2. The first-order chi connectivity index (χ1) is 8.06. The molecule has 0 amide bonds. The number of carbonyl (C=O) groups is 1.